The third-order valence-electron chi connectivity index (χ3n) is 4.86. The van der Waals surface area contributed by atoms with Crippen molar-refractivity contribution < 1.29 is 29.4 Å². The van der Waals surface area contributed by atoms with Crippen LogP contribution in [0.4, 0.5) is 0 Å². The number of rotatable bonds is 6. The zero-order valence-corrected chi connectivity index (χ0v) is 12.9. The van der Waals surface area contributed by atoms with Gasteiger partial charge in [0.2, 0.25) is 11.8 Å². The van der Waals surface area contributed by atoms with E-state index >= 15 is 0 Å². The number of aliphatic carboxylic acids is 2. The highest BCUT2D eigenvalue weighted by molar-refractivity contribution is 5.89. The highest BCUT2D eigenvalue weighted by Gasteiger charge is 2.57. The summed E-state index contributed by atoms with van der Waals surface area (Å²) in [5, 5.41) is 22.0. The third kappa shape index (κ3) is 3.37. The van der Waals surface area contributed by atoms with Crippen LogP contribution in [0.5, 0.6) is 0 Å². The van der Waals surface area contributed by atoms with E-state index in [4.69, 9.17) is 10.2 Å². The SMILES string of the molecule is CC1(C)[C@H](C(=O)NCC(=O)O)CC[C@@]1(C)C(=O)NCC(=O)O. The highest BCUT2D eigenvalue weighted by atomic mass is 16.4. The molecule has 1 fully saturated rings. The van der Waals surface area contributed by atoms with Crippen molar-refractivity contribution in [2.75, 3.05) is 13.1 Å². The van der Waals surface area contributed by atoms with Crippen molar-refractivity contribution in [3.63, 3.8) is 0 Å². The molecule has 0 heterocycles. The minimum Gasteiger partial charge on any atom is -0.480 e. The molecule has 0 aromatic carbocycles. The van der Waals surface area contributed by atoms with Crippen molar-refractivity contribution >= 4 is 23.8 Å². The van der Waals surface area contributed by atoms with Gasteiger partial charge in [0.15, 0.2) is 0 Å². The van der Waals surface area contributed by atoms with Gasteiger partial charge in [0.1, 0.15) is 13.1 Å². The smallest absolute Gasteiger partial charge is 0.322 e. The standard InChI is InChI=1S/C14H22N2O6/c1-13(2)8(11(21)15-6-9(17)18)4-5-14(13,3)12(22)16-7-10(19)20/h8H,4-7H2,1-3H3,(H,15,21)(H,16,22)(H,17,18)(H,19,20)/t8-,14-/m0/s1. The molecule has 0 radical (unpaired) electrons. The lowest BCUT2D eigenvalue weighted by Crippen LogP contribution is -2.50. The first-order chi connectivity index (χ1) is 10.0. The molecule has 1 aliphatic carbocycles. The maximum Gasteiger partial charge on any atom is 0.322 e. The van der Waals surface area contributed by atoms with Gasteiger partial charge in [-0.2, -0.15) is 0 Å². The van der Waals surface area contributed by atoms with Crippen molar-refractivity contribution in [1.82, 2.24) is 10.6 Å². The molecule has 2 amide bonds. The average molecular weight is 314 g/mol. The minimum atomic E-state index is -1.14. The molecule has 0 unspecified atom stereocenters. The van der Waals surface area contributed by atoms with Crippen molar-refractivity contribution in [2.45, 2.75) is 33.6 Å². The molecular weight excluding hydrogens is 292 g/mol. The molecule has 22 heavy (non-hydrogen) atoms. The van der Waals surface area contributed by atoms with E-state index in [0.717, 1.165) is 0 Å². The zero-order chi connectivity index (χ0) is 17.1. The fourth-order valence-electron chi connectivity index (χ4n) is 3.00. The van der Waals surface area contributed by atoms with Crippen molar-refractivity contribution in [3.05, 3.63) is 0 Å². The number of hydrogen-bond acceptors (Lipinski definition) is 4. The molecule has 0 bridgehead atoms. The van der Waals surface area contributed by atoms with Gasteiger partial charge in [-0.1, -0.05) is 20.8 Å². The first-order valence-electron chi connectivity index (χ1n) is 7.02. The molecule has 0 saturated heterocycles. The van der Waals surface area contributed by atoms with Crippen LogP contribution in [-0.4, -0.2) is 47.1 Å². The highest BCUT2D eigenvalue weighted by Crippen LogP contribution is 2.56. The maximum absolute atomic E-state index is 12.3. The number of carbonyl (C=O) groups is 4. The Balaban J connectivity index is 2.84. The van der Waals surface area contributed by atoms with E-state index in [9.17, 15) is 19.2 Å². The lowest BCUT2D eigenvalue weighted by atomic mass is 9.65. The number of hydrogen-bond donors (Lipinski definition) is 4. The Morgan fingerprint density at radius 2 is 1.50 bits per heavy atom. The molecule has 0 spiro atoms. The molecule has 0 aliphatic heterocycles. The van der Waals surface area contributed by atoms with Crippen LogP contribution in [-0.2, 0) is 19.2 Å². The van der Waals surface area contributed by atoms with Crippen LogP contribution in [0.15, 0.2) is 0 Å². The molecule has 8 nitrogen and oxygen atoms in total. The van der Waals surface area contributed by atoms with E-state index in [0.29, 0.717) is 12.8 Å². The number of amides is 2. The summed E-state index contributed by atoms with van der Waals surface area (Å²) in [6, 6.07) is 0. The van der Waals surface area contributed by atoms with Gasteiger partial charge in [-0.3, -0.25) is 19.2 Å². The first kappa shape index (κ1) is 17.9. The van der Waals surface area contributed by atoms with Gasteiger partial charge in [0, 0.05) is 5.92 Å². The van der Waals surface area contributed by atoms with Crippen LogP contribution in [0, 0.1) is 16.7 Å². The Hall–Kier alpha value is -2.12. The Morgan fingerprint density at radius 3 is 2.00 bits per heavy atom. The van der Waals surface area contributed by atoms with Crippen molar-refractivity contribution in [2.24, 2.45) is 16.7 Å². The third-order valence-corrected chi connectivity index (χ3v) is 4.86. The van der Waals surface area contributed by atoms with Crippen LogP contribution in [0.1, 0.15) is 33.6 Å². The quantitative estimate of drug-likeness (QED) is 0.538. The Bertz CT molecular complexity index is 502. The molecule has 1 saturated carbocycles. The predicted molar refractivity (Wildman–Crippen MR) is 75.9 cm³/mol. The maximum atomic E-state index is 12.3. The zero-order valence-electron chi connectivity index (χ0n) is 12.9. The van der Waals surface area contributed by atoms with E-state index < -0.39 is 53.6 Å². The Morgan fingerprint density at radius 1 is 1.00 bits per heavy atom. The first-order valence-corrected chi connectivity index (χ1v) is 7.02. The monoisotopic (exact) mass is 314 g/mol. The summed E-state index contributed by atoms with van der Waals surface area (Å²) in [5.74, 6) is -3.59. The van der Waals surface area contributed by atoms with E-state index in [1.807, 2.05) is 0 Å². The molecule has 2 atom stereocenters. The van der Waals surface area contributed by atoms with Crippen molar-refractivity contribution in [1.29, 1.82) is 0 Å². The van der Waals surface area contributed by atoms with Gasteiger partial charge < -0.3 is 20.8 Å². The van der Waals surface area contributed by atoms with E-state index in [1.54, 1.807) is 20.8 Å². The molecule has 0 aromatic heterocycles. The number of carboxylic acids is 2. The van der Waals surface area contributed by atoms with Crippen LogP contribution in [0.2, 0.25) is 0 Å². The number of carboxylic acid groups (broad SMARTS) is 2. The minimum absolute atomic E-state index is 0.401. The molecule has 1 aliphatic rings. The van der Waals surface area contributed by atoms with Gasteiger partial charge in [-0.05, 0) is 18.3 Å². The second-order valence-electron chi connectivity index (χ2n) is 6.33. The van der Waals surface area contributed by atoms with Gasteiger partial charge in [-0.15, -0.1) is 0 Å². The van der Waals surface area contributed by atoms with Gasteiger partial charge in [0.25, 0.3) is 0 Å². The average Bonchev–Trinajstić information content (AvgIpc) is 2.65. The van der Waals surface area contributed by atoms with Crippen LogP contribution < -0.4 is 10.6 Å². The summed E-state index contributed by atoms with van der Waals surface area (Å²) < 4.78 is 0. The van der Waals surface area contributed by atoms with Crippen LogP contribution in [0.25, 0.3) is 0 Å². The second-order valence-corrected chi connectivity index (χ2v) is 6.33. The topological polar surface area (TPSA) is 133 Å². The number of carbonyl (C=O) groups excluding carboxylic acids is 2. The van der Waals surface area contributed by atoms with Gasteiger partial charge >= 0.3 is 11.9 Å². The predicted octanol–water partition coefficient (Wildman–Crippen LogP) is -0.169. The second kappa shape index (κ2) is 6.33. The summed E-state index contributed by atoms with van der Waals surface area (Å²) >= 11 is 0. The van der Waals surface area contributed by atoms with E-state index in [-0.39, 0.29) is 0 Å². The van der Waals surface area contributed by atoms with E-state index in [1.165, 1.54) is 0 Å². The summed E-state index contributed by atoms with van der Waals surface area (Å²) in [6.45, 7) is 4.30. The molecule has 124 valence electrons. The lowest BCUT2D eigenvalue weighted by Gasteiger charge is -2.39. The number of nitrogens with one attached hydrogen (secondary N) is 2. The van der Waals surface area contributed by atoms with Crippen LogP contribution >= 0.6 is 0 Å². The molecular formula is C14H22N2O6. The normalized spacial score (nSPS) is 26.2. The van der Waals surface area contributed by atoms with Crippen LogP contribution in [0.3, 0.4) is 0 Å². The van der Waals surface area contributed by atoms with Gasteiger partial charge in [0.05, 0.1) is 5.41 Å². The molecule has 4 N–H and O–H groups in total. The Kier molecular flexibility index (Phi) is 5.16. The molecule has 8 heteroatoms. The van der Waals surface area contributed by atoms with Gasteiger partial charge in [-0.25, -0.2) is 0 Å². The van der Waals surface area contributed by atoms with Crippen molar-refractivity contribution in [3.8, 4) is 0 Å². The lowest BCUT2D eigenvalue weighted by molar-refractivity contribution is -0.144. The van der Waals surface area contributed by atoms with E-state index in [2.05, 4.69) is 10.6 Å². The largest absolute Gasteiger partial charge is 0.480 e. The Labute approximate surface area is 128 Å². The summed E-state index contributed by atoms with van der Waals surface area (Å²) in [6.07, 6.45) is 0.867. The molecule has 0 aromatic rings. The fraction of sp³-hybridized carbons (Fsp3) is 0.714. The molecule has 1 rings (SSSR count). The summed E-state index contributed by atoms with van der Waals surface area (Å²) in [7, 11) is 0. The fourth-order valence-corrected chi connectivity index (χ4v) is 3.00. The summed E-state index contributed by atoms with van der Waals surface area (Å²) in [4.78, 5) is 45.6. The summed E-state index contributed by atoms with van der Waals surface area (Å²) in [5.41, 5.74) is -1.62.